The van der Waals surface area contributed by atoms with Gasteiger partial charge in [0, 0.05) is 38.4 Å². The highest BCUT2D eigenvalue weighted by atomic mass is 16.5. The van der Waals surface area contributed by atoms with Crippen molar-refractivity contribution in [3.05, 3.63) is 54.1 Å². The van der Waals surface area contributed by atoms with Gasteiger partial charge in [-0.1, -0.05) is 30.3 Å². The Bertz CT molecular complexity index is 893. The molecule has 2 aromatic rings. The first kappa shape index (κ1) is 18.3. The van der Waals surface area contributed by atoms with E-state index in [0.29, 0.717) is 5.91 Å². The summed E-state index contributed by atoms with van der Waals surface area (Å²) in [5.74, 6) is 1.26. The van der Waals surface area contributed by atoms with Crippen LogP contribution in [0.4, 0.5) is 11.4 Å². The number of amides is 1. The molecule has 0 bridgehead atoms. The van der Waals surface area contributed by atoms with Crippen LogP contribution in [0, 0.1) is 5.92 Å². The van der Waals surface area contributed by atoms with Gasteiger partial charge in [0.2, 0.25) is 5.91 Å². The molecule has 5 rings (SSSR count). The highest BCUT2D eigenvalue weighted by Gasteiger charge is 2.43. The van der Waals surface area contributed by atoms with Gasteiger partial charge in [-0.15, -0.1) is 0 Å². The van der Waals surface area contributed by atoms with Crippen LogP contribution >= 0.6 is 0 Å². The quantitative estimate of drug-likeness (QED) is 0.805. The molecule has 152 valence electrons. The predicted octanol–water partition coefficient (Wildman–Crippen LogP) is 3.19. The molecule has 0 spiro atoms. The van der Waals surface area contributed by atoms with Crippen molar-refractivity contribution in [1.82, 2.24) is 4.90 Å². The number of benzene rings is 2. The van der Waals surface area contributed by atoms with Crippen molar-refractivity contribution in [3.8, 4) is 5.75 Å². The standard InChI is InChI=1S/C24H29N3O2/c1-29-23-11-5-4-10-21(23)26-14-15-27-20-9-3-2-8-18(20)16-19(22(27)17-26)24(28)25-12-6-7-13-25/h2-5,8-11,19,22H,6-7,12-17H2,1H3. The second-order valence-electron chi connectivity index (χ2n) is 8.35. The molecular formula is C24H29N3O2. The smallest absolute Gasteiger partial charge is 0.228 e. The van der Waals surface area contributed by atoms with Crippen LogP contribution in [0.3, 0.4) is 0 Å². The fourth-order valence-electron chi connectivity index (χ4n) is 5.32. The Morgan fingerprint density at radius 2 is 1.66 bits per heavy atom. The highest BCUT2D eigenvalue weighted by molar-refractivity contribution is 5.83. The molecule has 0 N–H and O–H groups in total. The van der Waals surface area contributed by atoms with Crippen LogP contribution in [-0.2, 0) is 11.2 Å². The maximum absolute atomic E-state index is 13.5. The molecular weight excluding hydrogens is 362 g/mol. The van der Waals surface area contributed by atoms with Gasteiger partial charge in [0.25, 0.3) is 0 Å². The van der Waals surface area contributed by atoms with Crippen molar-refractivity contribution < 1.29 is 9.53 Å². The molecule has 1 amide bonds. The van der Waals surface area contributed by atoms with Gasteiger partial charge < -0.3 is 19.4 Å². The summed E-state index contributed by atoms with van der Waals surface area (Å²) in [5, 5.41) is 0. The number of nitrogens with zero attached hydrogens (tertiary/aromatic N) is 3. The van der Waals surface area contributed by atoms with Crippen LogP contribution in [0.25, 0.3) is 0 Å². The van der Waals surface area contributed by atoms with Crippen molar-refractivity contribution in [3.63, 3.8) is 0 Å². The van der Waals surface area contributed by atoms with Crippen LogP contribution in [0.5, 0.6) is 5.75 Å². The fourth-order valence-corrected chi connectivity index (χ4v) is 5.32. The van der Waals surface area contributed by atoms with Gasteiger partial charge in [0.1, 0.15) is 5.75 Å². The van der Waals surface area contributed by atoms with Gasteiger partial charge in [-0.3, -0.25) is 4.79 Å². The van der Waals surface area contributed by atoms with Gasteiger partial charge in [-0.2, -0.15) is 0 Å². The Morgan fingerprint density at radius 3 is 2.45 bits per heavy atom. The Labute approximate surface area is 172 Å². The lowest BCUT2D eigenvalue weighted by Gasteiger charge is -2.50. The van der Waals surface area contributed by atoms with E-state index in [1.807, 2.05) is 12.1 Å². The van der Waals surface area contributed by atoms with Crippen molar-refractivity contribution in [2.24, 2.45) is 5.92 Å². The third-order valence-electron chi connectivity index (χ3n) is 6.78. The number of hydrogen-bond acceptors (Lipinski definition) is 4. The van der Waals surface area contributed by atoms with E-state index in [1.54, 1.807) is 7.11 Å². The van der Waals surface area contributed by atoms with E-state index < -0.39 is 0 Å². The average molecular weight is 392 g/mol. The number of likely N-dealkylation sites (tertiary alicyclic amines) is 1. The summed E-state index contributed by atoms with van der Waals surface area (Å²) in [5.41, 5.74) is 3.75. The molecule has 3 aliphatic heterocycles. The normalized spacial score (nSPS) is 23.6. The monoisotopic (exact) mass is 391 g/mol. The Hall–Kier alpha value is -2.69. The summed E-state index contributed by atoms with van der Waals surface area (Å²) >= 11 is 0. The number of methoxy groups -OCH3 is 1. The minimum absolute atomic E-state index is 0.0144. The van der Waals surface area contributed by atoms with E-state index >= 15 is 0 Å². The molecule has 0 aromatic heterocycles. The maximum Gasteiger partial charge on any atom is 0.228 e. The molecule has 2 unspecified atom stereocenters. The molecule has 2 fully saturated rings. The van der Waals surface area contributed by atoms with Crippen molar-refractivity contribution >= 4 is 17.3 Å². The molecule has 5 heteroatoms. The summed E-state index contributed by atoms with van der Waals surface area (Å²) in [6.07, 6.45) is 3.11. The molecule has 2 atom stereocenters. The number of hydrogen-bond donors (Lipinski definition) is 0. The first-order valence-electron chi connectivity index (χ1n) is 10.8. The maximum atomic E-state index is 13.5. The number of ether oxygens (including phenoxy) is 1. The van der Waals surface area contributed by atoms with Crippen LogP contribution in [0.2, 0.25) is 0 Å². The summed E-state index contributed by atoms with van der Waals surface area (Å²) < 4.78 is 5.62. The average Bonchev–Trinajstić information content (AvgIpc) is 3.32. The molecule has 0 saturated carbocycles. The minimum Gasteiger partial charge on any atom is -0.495 e. The molecule has 5 nitrogen and oxygen atoms in total. The van der Waals surface area contributed by atoms with Crippen LogP contribution < -0.4 is 14.5 Å². The second kappa shape index (κ2) is 7.62. The largest absolute Gasteiger partial charge is 0.495 e. The molecule has 0 aliphatic carbocycles. The molecule has 2 saturated heterocycles. The van der Waals surface area contributed by atoms with E-state index in [-0.39, 0.29) is 12.0 Å². The van der Waals surface area contributed by atoms with Gasteiger partial charge >= 0.3 is 0 Å². The number of para-hydroxylation sites is 3. The van der Waals surface area contributed by atoms with E-state index in [0.717, 1.165) is 63.4 Å². The molecule has 2 aromatic carbocycles. The van der Waals surface area contributed by atoms with Gasteiger partial charge in [0.15, 0.2) is 0 Å². The Balaban J connectivity index is 1.48. The van der Waals surface area contributed by atoms with E-state index in [2.05, 4.69) is 51.1 Å². The van der Waals surface area contributed by atoms with Gasteiger partial charge in [-0.05, 0) is 43.0 Å². The number of fused-ring (bicyclic) bond motifs is 3. The number of piperazine rings is 1. The summed E-state index contributed by atoms with van der Waals surface area (Å²) in [4.78, 5) is 20.5. The molecule has 3 aliphatic rings. The van der Waals surface area contributed by atoms with Gasteiger partial charge in [-0.25, -0.2) is 0 Å². The number of rotatable bonds is 3. The van der Waals surface area contributed by atoms with E-state index in [1.165, 1.54) is 11.3 Å². The number of carbonyl (C=O) groups excluding carboxylic acids is 1. The lowest BCUT2D eigenvalue weighted by molar-refractivity contribution is -0.135. The van der Waals surface area contributed by atoms with Crippen LogP contribution in [0.1, 0.15) is 18.4 Å². The van der Waals surface area contributed by atoms with Crippen molar-refractivity contribution in [2.75, 3.05) is 49.6 Å². The first-order chi connectivity index (χ1) is 14.3. The van der Waals surface area contributed by atoms with Gasteiger partial charge in [0.05, 0.1) is 24.8 Å². The number of anilines is 2. The SMILES string of the molecule is COc1ccccc1N1CCN2c3ccccc3CC(C(=O)N3CCCC3)C2C1. The third-order valence-corrected chi connectivity index (χ3v) is 6.78. The minimum atomic E-state index is 0.0144. The lowest BCUT2D eigenvalue weighted by Crippen LogP contribution is -2.61. The summed E-state index contributed by atoms with van der Waals surface area (Å²) in [6.45, 7) is 4.53. The van der Waals surface area contributed by atoms with Crippen molar-refractivity contribution in [1.29, 1.82) is 0 Å². The first-order valence-corrected chi connectivity index (χ1v) is 10.8. The topological polar surface area (TPSA) is 36.0 Å². The third kappa shape index (κ3) is 3.22. The highest BCUT2D eigenvalue weighted by Crippen LogP contribution is 2.39. The van der Waals surface area contributed by atoms with Crippen LogP contribution in [-0.4, -0.2) is 56.7 Å². The summed E-state index contributed by atoms with van der Waals surface area (Å²) in [7, 11) is 1.73. The molecule has 29 heavy (non-hydrogen) atoms. The summed E-state index contributed by atoms with van der Waals surface area (Å²) in [6, 6.07) is 17.0. The zero-order chi connectivity index (χ0) is 19.8. The molecule has 3 heterocycles. The fraction of sp³-hybridized carbons (Fsp3) is 0.458. The van der Waals surface area contributed by atoms with Crippen LogP contribution in [0.15, 0.2) is 48.5 Å². The molecule has 0 radical (unpaired) electrons. The van der Waals surface area contributed by atoms with E-state index in [9.17, 15) is 4.79 Å². The number of carbonyl (C=O) groups is 1. The Kier molecular flexibility index (Phi) is 4.82. The zero-order valence-electron chi connectivity index (χ0n) is 17.1. The van der Waals surface area contributed by atoms with E-state index in [4.69, 9.17) is 4.74 Å². The Morgan fingerprint density at radius 1 is 0.931 bits per heavy atom. The lowest BCUT2D eigenvalue weighted by atomic mass is 9.83. The van der Waals surface area contributed by atoms with Crippen molar-refractivity contribution in [2.45, 2.75) is 25.3 Å². The predicted molar refractivity (Wildman–Crippen MR) is 116 cm³/mol. The second-order valence-corrected chi connectivity index (χ2v) is 8.35. The zero-order valence-corrected chi connectivity index (χ0v) is 17.1.